The number of para-hydroxylation sites is 2. The summed E-state index contributed by atoms with van der Waals surface area (Å²) >= 11 is 0. The Labute approximate surface area is 214 Å². The van der Waals surface area contributed by atoms with E-state index < -0.39 is 0 Å². The molecule has 1 unspecified atom stereocenters. The normalized spacial score (nSPS) is 20.6. The van der Waals surface area contributed by atoms with E-state index in [-0.39, 0.29) is 0 Å². The van der Waals surface area contributed by atoms with Crippen molar-refractivity contribution in [1.82, 2.24) is 14.9 Å². The molecule has 6 nitrogen and oxygen atoms in total. The molecule has 0 spiro atoms. The Kier molecular flexibility index (Phi) is 6.81. The lowest BCUT2D eigenvalue weighted by Crippen LogP contribution is -2.43. The molecule has 0 radical (unpaired) electrons. The minimum absolute atomic E-state index is 0.471. The standard InChI is InChI=1S/C30H38N4O2/c1-21(33-16-18-36-19-17-33)20-24-6-5-8-26-28(24)31-29(23-10-11-23)32-30(26)34-14-12-22(13-15-34)25-7-3-4-9-27(25)35-2/h3-9,21-23H,10-20H2,1-2H3. The monoisotopic (exact) mass is 486 g/mol. The maximum absolute atomic E-state index is 5.66. The average molecular weight is 487 g/mol. The van der Waals surface area contributed by atoms with Gasteiger partial charge in [-0.25, -0.2) is 9.97 Å². The largest absolute Gasteiger partial charge is 0.496 e. The predicted molar refractivity (Wildman–Crippen MR) is 144 cm³/mol. The van der Waals surface area contributed by atoms with Gasteiger partial charge in [0.05, 0.1) is 25.8 Å². The first-order valence-corrected chi connectivity index (χ1v) is 13.7. The summed E-state index contributed by atoms with van der Waals surface area (Å²) in [6.45, 7) is 8.06. The van der Waals surface area contributed by atoms with Gasteiger partial charge in [-0.15, -0.1) is 0 Å². The number of rotatable bonds is 7. The van der Waals surface area contributed by atoms with E-state index in [0.29, 0.717) is 17.9 Å². The van der Waals surface area contributed by atoms with Gasteiger partial charge in [0, 0.05) is 43.5 Å². The Bertz CT molecular complexity index is 1200. The van der Waals surface area contributed by atoms with Crippen molar-refractivity contribution in [2.45, 2.75) is 56.9 Å². The van der Waals surface area contributed by atoms with Crippen molar-refractivity contribution in [2.24, 2.45) is 0 Å². The van der Waals surface area contributed by atoms with Gasteiger partial charge < -0.3 is 14.4 Å². The Morgan fingerprint density at radius 2 is 1.69 bits per heavy atom. The molecular weight excluding hydrogens is 448 g/mol. The highest BCUT2D eigenvalue weighted by Gasteiger charge is 2.31. The third-order valence-corrected chi connectivity index (χ3v) is 8.31. The van der Waals surface area contributed by atoms with E-state index in [1.165, 1.54) is 29.4 Å². The number of fused-ring (bicyclic) bond motifs is 1. The summed E-state index contributed by atoms with van der Waals surface area (Å²) in [4.78, 5) is 15.4. The van der Waals surface area contributed by atoms with Crippen LogP contribution < -0.4 is 9.64 Å². The third kappa shape index (κ3) is 4.81. The second kappa shape index (κ2) is 10.3. The zero-order chi connectivity index (χ0) is 24.5. The van der Waals surface area contributed by atoms with Crippen LogP contribution in [0.1, 0.15) is 61.4 Å². The zero-order valence-corrected chi connectivity index (χ0v) is 21.7. The molecule has 1 saturated carbocycles. The smallest absolute Gasteiger partial charge is 0.140 e. The third-order valence-electron chi connectivity index (χ3n) is 8.31. The van der Waals surface area contributed by atoms with Gasteiger partial charge in [-0.2, -0.15) is 0 Å². The molecule has 0 bridgehead atoms. The molecule has 2 saturated heterocycles. The molecule has 2 aromatic carbocycles. The summed E-state index contributed by atoms with van der Waals surface area (Å²) in [5.41, 5.74) is 3.85. The minimum atomic E-state index is 0.471. The lowest BCUT2D eigenvalue weighted by Gasteiger charge is -2.34. The number of aromatic nitrogens is 2. The first-order valence-electron chi connectivity index (χ1n) is 13.7. The van der Waals surface area contributed by atoms with Crippen LogP contribution in [-0.4, -0.2) is 67.4 Å². The van der Waals surface area contributed by atoms with Crippen LogP contribution >= 0.6 is 0 Å². The van der Waals surface area contributed by atoms with Crippen molar-refractivity contribution in [3.8, 4) is 5.75 Å². The lowest BCUT2D eigenvalue weighted by molar-refractivity contribution is 0.0204. The number of hydrogen-bond donors (Lipinski definition) is 0. The molecule has 0 amide bonds. The van der Waals surface area contributed by atoms with Gasteiger partial charge in [0.1, 0.15) is 17.4 Å². The first-order chi connectivity index (χ1) is 17.7. The Morgan fingerprint density at radius 1 is 0.917 bits per heavy atom. The quantitative estimate of drug-likeness (QED) is 0.460. The second-order valence-electron chi connectivity index (χ2n) is 10.7. The minimum Gasteiger partial charge on any atom is -0.496 e. The maximum Gasteiger partial charge on any atom is 0.140 e. The van der Waals surface area contributed by atoms with Gasteiger partial charge in [-0.05, 0) is 68.2 Å². The molecule has 3 fully saturated rings. The van der Waals surface area contributed by atoms with E-state index in [0.717, 1.165) is 81.6 Å². The summed E-state index contributed by atoms with van der Waals surface area (Å²) in [5, 5.41) is 1.21. The van der Waals surface area contributed by atoms with E-state index in [2.05, 4.69) is 59.2 Å². The molecule has 1 atom stereocenters. The van der Waals surface area contributed by atoms with Crippen LogP contribution in [0.15, 0.2) is 42.5 Å². The number of morpholine rings is 1. The SMILES string of the molecule is COc1ccccc1C1CCN(c2nc(C3CC3)nc3c(CC(C)N4CCOCC4)cccc23)CC1. The van der Waals surface area contributed by atoms with E-state index in [4.69, 9.17) is 19.4 Å². The molecule has 1 aromatic heterocycles. The van der Waals surface area contributed by atoms with Crippen LogP contribution in [0, 0.1) is 0 Å². The summed E-state index contributed by atoms with van der Waals surface area (Å²) in [6.07, 6.45) is 5.66. The van der Waals surface area contributed by atoms with E-state index in [1.807, 2.05) is 0 Å². The number of ether oxygens (including phenoxy) is 2. The van der Waals surface area contributed by atoms with Gasteiger partial charge in [0.25, 0.3) is 0 Å². The number of methoxy groups -OCH3 is 1. The topological polar surface area (TPSA) is 50.7 Å². The van der Waals surface area contributed by atoms with E-state index >= 15 is 0 Å². The summed E-state index contributed by atoms with van der Waals surface area (Å²) in [5.74, 6) is 4.26. The second-order valence-corrected chi connectivity index (χ2v) is 10.7. The Hall–Kier alpha value is -2.70. The molecule has 36 heavy (non-hydrogen) atoms. The van der Waals surface area contributed by atoms with Gasteiger partial charge in [0.15, 0.2) is 0 Å². The van der Waals surface area contributed by atoms with Crippen molar-refractivity contribution in [3.05, 3.63) is 59.4 Å². The fourth-order valence-electron chi connectivity index (χ4n) is 6.01. The molecule has 1 aliphatic carbocycles. The van der Waals surface area contributed by atoms with Gasteiger partial charge in [-0.3, -0.25) is 4.90 Å². The predicted octanol–water partition coefficient (Wildman–Crippen LogP) is 5.16. The molecule has 3 aliphatic rings. The van der Waals surface area contributed by atoms with Crippen molar-refractivity contribution in [1.29, 1.82) is 0 Å². The molecule has 6 rings (SSSR count). The van der Waals surface area contributed by atoms with Crippen LogP contribution in [-0.2, 0) is 11.2 Å². The van der Waals surface area contributed by atoms with Crippen molar-refractivity contribution in [2.75, 3.05) is 51.4 Å². The van der Waals surface area contributed by atoms with Crippen molar-refractivity contribution < 1.29 is 9.47 Å². The highest BCUT2D eigenvalue weighted by atomic mass is 16.5. The fourth-order valence-corrected chi connectivity index (χ4v) is 6.01. The highest BCUT2D eigenvalue weighted by Crippen LogP contribution is 2.41. The molecule has 2 aliphatic heterocycles. The van der Waals surface area contributed by atoms with Crippen LogP contribution in [0.2, 0.25) is 0 Å². The maximum atomic E-state index is 5.66. The molecule has 190 valence electrons. The summed E-state index contributed by atoms with van der Waals surface area (Å²) < 4.78 is 11.2. The summed E-state index contributed by atoms with van der Waals surface area (Å²) in [6, 6.07) is 15.7. The first kappa shape index (κ1) is 23.7. The fraction of sp³-hybridized carbons (Fsp3) is 0.533. The van der Waals surface area contributed by atoms with Crippen molar-refractivity contribution >= 4 is 16.7 Å². The molecule has 3 heterocycles. The number of anilines is 1. The molecule has 6 heteroatoms. The van der Waals surface area contributed by atoms with Crippen LogP contribution in [0.25, 0.3) is 10.9 Å². The van der Waals surface area contributed by atoms with Crippen LogP contribution in [0.3, 0.4) is 0 Å². The van der Waals surface area contributed by atoms with Crippen LogP contribution in [0.4, 0.5) is 5.82 Å². The Balaban J connectivity index is 1.28. The number of benzene rings is 2. The highest BCUT2D eigenvalue weighted by molar-refractivity contribution is 5.92. The number of piperidine rings is 1. The Morgan fingerprint density at radius 3 is 2.44 bits per heavy atom. The van der Waals surface area contributed by atoms with Gasteiger partial charge in [0.2, 0.25) is 0 Å². The zero-order valence-electron chi connectivity index (χ0n) is 21.7. The summed E-state index contributed by atoms with van der Waals surface area (Å²) in [7, 11) is 1.78. The number of nitrogens with zero attached hydrogens (tertiary/aromatic N) is 4. The molecular formula is C30H38N4O2. The lowest BCUT2D eigenvalue weighted by atomic mass is 9.88. The van der Waals surface area contributed by atoms with Gasteiger partial charge >= 0.3 is 0 Å². The van der Waals surface area contributed by atoms with E-state index in [9.17, 15) is 0 Å². The van der Waals surface area contributed by atoms with Crippen molar-refractivity contribution in [3.63, 3.8) is 0 Å². The average Bonchev–Trinajstić information content (AvgIpc) is 3.79. The molecule has 0 N–H and O–H groups in total. The molecule has 3 aromatic rings. The van der Waals surface area contributed by atoms with Crippen LogP contribution in [0.5, 0.6) is 5.75 Å². The van der Waals surface area contributed by atoms with E-state index in [1.54, 1.807) is 7.11 Å². The van der Waals surface area contributed by atoms with Gasteiger partial charge in [-0.1, -0.05) is 30.3 Å². The number of hydrogen-bond acceptors (Lipinski definition) is 6.